The Labute approximate surface area is 112 Å². The number of nitrogens with one attached hydrogen (secondary N) is 1. The van der Waals surface area contributed by atoms with Crippen molar-refractivity contribution < 1.29 is 4.79 Å². The highest BCUT2D eigenvalue weighted by molar-refractivity contribution is 5.78. The van der Waals surface area contributed by atoms with E-state index < -0.39 is 0 Å². The van der Waals surface area contributed by atoms with E-state index in [1.165, 1.54) is 25.8 Å². The smallest absolute Gasteiger partial charge is 0.236 e. The molecule has 0 aromatic rings. The molecule has 1 rings (SSSR count). The van der Waals surface area contributed by atoms with E-state index in [1.54, 1.807) is 0 Å². The maximum Gasteiger partial charge on any atom is 0.236 e. The molecule has 0 spiro atoms. The predicted molar refractivity (Wildman–Crippen MR) is 75.6 cm³/mol. The average Bonchev–Trinajstić information content (AvgIpc) is 2.39. The zero-order valence-corrected chi connectivity index (χ0v) is 12.2. The Kier molecular flexibility index (Phi) is 7.28. The molecule has 0 saturated carbocycles. The number of hydrogen-bond donors (Lipinski definition) is 1. The molecule has 1 amide bonds. The van der Waals surface area contributed by atoms with Gasteiger partial charge in [-0.05, 0) is 65.7 Å². The van der Waals surface area contributed by atoms with Crippen LogP contribution in [0.5, 0.6) is 0 Å². The van der Waals surface area contributed by atoms with Crippen LogP contribution in [0.15, 0.2) is 0 Å². The van der Waals surface area contributed by atoms with Crippen LogP contribution in [0.3, 0.4) is 0 Å². The molecule has 18 heavy (non-hydrogen) atoms. The van der Waals surface area contributed by atoms with Crippen molar-refractivity contribution in [1.29, 1.82) is 0 Å². The van der Waals surface area contributed by atoms with Gasteiger partial charge in [0.1, 0.15) is 0 Å². The van der Waals surface area contributed by atoms with E-state index in [0.717, 1.165) is 32.1 Å². The topological polar surface area (TPSA) is 35.6 Å². The summed E-state index contributed by atoms with van der Waals surface area (Å²) in [6, 6.07) is 0. The Hall–Kier alpha value is -0.610. The SMILES string of the molecule is CCN(CC)C(=O)CN(C)CCC1CCCNC1. The van der Waals surface area contributed by atoms with Gasteiger partial charge in [-0.1, -0.05) is 0 Å². The van der Waals surface area contributed by atoms with Gasteiger partial charge < -0.3 is 10.2 Å². The maximum absolute atomic E-state index is 11.9. The number of hydrogen-bond acceptors (Lipinski definition) is 3. The second-order valence-electron chi connectivity index (χ2n) is 5.30. The monoisotopic (exact) mass is 255 g/mol. The van der Waals surface area contributed by atoms with E-state index in [1.807, 2.05) is 18.7 Å². The molecule has 1 saturated heterocycles. The third-order valence-electron chi connectivity index (χ3n) is 3.84. The van der Waals surface area contributed by atoms with E-state index in [4.69, 9.17) is 0 Å². The Morgan fingerprint density at radius 3 is 2.61 bits per heavy atom. The summed E-state index contributed by atoms with van der Waals surface area (Å²) in [4.78, 5) is 16.0. The molecule has 1 N–H and O–H groups in total. The molecule has 0 aromatic heterocycles. The molecule has 1 heterocycles. The first-order valence-corrected chi connectivity index (χ1v) is 7.34. The Balaban J connectivity index is 2.19. The fourth-order valence-electron chi connectivity index (χ4n) is 2.56. The Morgan fingerprint density at radius 2 is 2.06 bits per heavy atom. The van der Waals surface area contributed by atoms with Crippen LogP contribution in [0.4, 0.5) is 0 Å². The first-order chi connectivity index (χ1) is 8.67. The normalized spacial score (nSPS) is 20.1. The van der Waals surface area contributed by atoms with E-state index >= 15 is 0 Å². The summed E-state index contributed by atoms with van der Waals surface area (Å²) in [7, 11) is 2.05. The van der Waals surface area contributed by atoms with Crippen LogP contribution >= 0.6 is 0 Å². The highest BCUT2D eigenvalue weighted by atomic mass is 16.2. The van der Waals surface area contributed by atoms with Crippen molar-refractivity contribution in [1.82, 2.24) is 15.1 Å². The van der Waals surface area contributed by atoms with Gasteiger partial charge in [-0.25, -0.2) is 0 Å². The van der Waals surface area contributed by atoms with Crippen LogP contribution in [0.1, 0.15) is 33.1 Å². The number of likely N-dealkylation sites (N-methyl/N-ethyl adjacent to an activating group) is 2. The Morgan fingerprint density at radius 1 is 1.33 bits per heavy atom. The summed E-state index contributed by atoms with van der Waals surface area (Å²) < 4.78 is 0. The second-order valence-corrected chi connectivity index (χ2v) is 5.30. The minimum absolute atomic E-state index is 0.254. The van der Waals surface area contributed by atoms with Gasteiger partial charge in [0.15, 0.2) is 0 Å². The van der Waals surface area contributed by atoms with E-state index in [-0.39, 0.29) is 5.91 Å². The minimum Gasteiger partial charge on any atom is -0.342 e. The second kappa shape index (κ2) is 8.48. The molecule has 1 fully saturated rings. The van der Waals surface area contributed by atoms with Crippen LogP contribution in [0.2, 0.25) is 0 Å². The number of carbonyl (C=O) groups excluding carboxylic acids is 1. The van der Waals surface area contributed by atoms with E-state index in [2.05, 4.69) is 17.3 Å². The summed E-state index contributed by atoms with van der Waals surface area (Å²) in [6.07, 6.45) is 3.84. The van der Waals surface area contributed by atoms with Crippen molar-refractivity contribution in [2.24, 2.45) is 5.92 Å². The van der Waals surface area contributed by atoms with Gasteiger partial charge in [-0.3, -0.25) is 9.69 Å². The number of amides is 1. The summed E-state index contributed by atoms with van der Waals surface area (Å²) >= 11 is 0. The number of piperidine rings is 1. The first kappa shape index (κ1) is 15.4. The fourth-order valence-corrected chi connectivity index (χ4v) is 2.56. The third kappa shape index (κ3) is 5.36. The number of nitrogens with zero attached hydrogens (tertiary/aromatic N) is 2. The molecule has 1 aliphatic heterocycles. The van der Waals surface area contributed by atoms with Gasteiger partial charge in [0.25, 0.3) is 0 Å². The number of rotatable bonds is 7. The van der Waals surface area contributed by atoms with Crippen molar-refractivity contribution in [3.8, 4) is 0 Å². The molecule has 106 valence electrons. The molecular formula is C14H29N3O. The van der Waals surface area contributed by atoms with Crippen molar-refractivity contribution in [2.75, 3.05) is 46.3 Å². The van der Waals surface area contributed by atoms with Gasteiger partial charge in [-0.2, -0.15) is 0 Å². The summed E-state index contributed by atoms with van der Waals surface area (Å²) in [5.41, 5.74) is 0. The first-order valence-electron chi connectivity index (χ1n) is 7.34. The predicted octanol–water partition coefficient (Wildman–Crippen LogP) is 1.18. The summed E-state index contributed by atoms with van der Waals surface area (Å²) in [6.45, 7) is 9.61. The lowest BCUT2D eigenvalue weighted by atomic mass is 9.96. The molecule has 0 aromatic carbocycles. The fraction of sp³-hybridized carbons (Fsp3) is 0.929. The highest BCUT2D eigenvalue weighted by Gasteiger charge is 2.16. The van der Waals surface area contributed by atoms with Crippen molar-refractivity contribution in [2.45, 2.75) is 33.1 Å². The van der Waals surface area contributed by atoms with Gasteiger partial charge >= 0.3 is 0 Å². The van der Waals surface area contributed by atoms with Crippen LogP contribution in [0.25, 0.3) is 0 Å². The summed E-state index contributed by atoms with van der Waals surface area (Å²) in [5.74, 6) is 1.05. The standard InChI is InChI=1S/C14H29N3O/c1-4-17(5-2)14(18)12-16(3)10-8-13-7-6-9-15-11-13/h13,15H,4-12H2,1-3H3. The molecule has 4 nitrogen and oxygen atoms in total. The van der Waals surface area contributed by atoms with Crippen LogP contribution < -0.4 is 5.32 Å². The van der Waals surface area contributed by atoms with Gasteiger partial charge in [0.05, 0.1) is 6.54 Å². The zero-order valence-electron chi connectivity index (χ0n) is 12.2. The lowest BCUT2D eigenvalue weighted by molar-refractivity contribution is -0.131. The largest absolute Gasteiger partial charge is 0.342 e. The molecule has 1 aliphatic rings. The lowest BCUT2D eigenvalue weighted by Gasteiger charge is -2.26. The molecular weight excluding hydrogens is 226 g/mol. The molecule has 0 bridgehead atoms. The minimum atomic E-state index is 0.254. The lowest BCUT2D eigenvalue weighted by Crippen LogP contribution is -2.40. The van der Waals surface area contributed by atoms with Crippen LogP contribution in [-0.2, 0) is 4.79 Å². The molecule has 0 aliphatic carbocycles. The quantitative estimate of drug-likeness (QED) is 0.742. The third-order valence-corrected chi connectivity index (χ3v) is 3.84. The van der Waals surface area contributed by atoms with Crippen molar-refractivity contribution >= 4 is 5.91 Å². The number of carbonyl (C=O) groups is 1. The average molecular weight is 255 g/mol. The van der Waals surface area contributed by atoms with E-state index in [9.17, 15) is 4.79 Å². The van der Waals surface area contributed by atoms with E-state index in [0.29, 0.717) is 6.54 Å². The van der Waals surface area contributed by atoms with Gasteiger partial charge in [0, 0.05) is 13.1 Å². The van der Waals surface area contributed by atoms with Gasteiger partial charge in [0.2, 0.25) is 5.91 Å². The van der Waals surface area contributed by atoms with Crippen LogP contribution in [0, 0.1) is 5.92 Å². The molecule has 0 radical (unpaired) electrons. The molecule has 1 atom stereocenters. The highest BCUT2D eigenvalue weighted by Crippen LogP contribution is 2.14. The summed E-state index contributed by atoms with van der Waals surface area (Å²) in [5, 5.41) is 3.44. The van der Waals surface area contributed by atoms with Crippen LogP contribution in [-0.4, -0.2) is 62.0 Å². The molecule has 4 heteroatoms. The van der Waals surface area contributed by atoms with Gasteiger partial charge in [-0.15, -0.1) is 0 Å². The van der Waals surface area contributed by atoms with Crippen molar-refractivity contribution in [3.05, 3.63) is 0 Å². The van der Waals surface area contributed by atoms with Crippen molar-refractivity contribution in [3.63, 3.8) is 0 Å². The molecule has 1 unspecified atom stereocenters. The maximum atomic E-state index is 11.9. The Bertz CT molecular complexity index is 235. The zero-order chi connectivity index (χ0) is 13.4.